The Labute approximate surface area is 66.3 Å². The molecule has 0 aromatic heterocycles. The Morgan fingerprint density at radius 3 is 2.55 bits per heavy atom. The molecule has 68 valence electrons. The Balaban J connectivity index is 3.74. The molecule has 0 saturated carbocycles. The first-order valence-corrected chi connectivity index (χ1v) is 4.79. The van der Waals surface area contributed by atoms with Crippen molar-refractivity contribution in [3.8, 4) is 0 Å². The highest BCUT2D eigenvalue weighted by atomic mass is 32.2. The van der Waals surface area contributed by atoms with Crippen LogP contribution in [0.1, 0.15) is 13.3 Å². The molecule has 0 aliphatic rings. The molecule has 0 aromatic carbocycles. The molecule has 11 heavy (non-hydrogen) atoms. The summed E-state index contributed by atoms with van der Waals surface area (Å²) in [4.78, 5) is 0. The van der Waals surface area contributed by atoms with E-state index in [1.54, 1.807) is 6.92 Å². The van der Waals surface area contributed by atoms with Gasteiger partial charge in [0.2, 0.25) is 0 Å². The first-order valence-electron chi connectivity index (χ1n) is 3.21. The summed E-state index contributed by atoms with van der Waals surface area (Å²) in [6.45, 7) is 0.899. The second-order valence-electron chi connectivity index (χ2n) is 2.27. The average molecular weight is 183 g/mol. The molecule has 0 fully saturated rings. The molecule has 0 aliphatic carbocycles. The van der Waals surface area contributed by atoms with Gasteiger partial charge in [-0.1, -0.05) is 0 Å². The SMILES string of the molecule is CC(N)CCS(=O)(=O)OCO. The molecule has 0 saturated heterocycles. The van der Waals surface area contributed by atoms with Gasteiger partial charge in [0.25, 0.3) is 10.1 Å². The Hall–Kier alpha value is -0.170. The van der Waals surface area contributed by atoms with Crippen LogP contribution in [-0.2, 0) is 14.3 Å². The minimum absolute atomic E-state index is 0.148. The van der Waals surface area contributed by atoms with E-state index in [0.29, 0.717) is 6.42 Å². The summed E-state index contributed by atoms with van der Waals surface area (Å²) in [6, 6.07) is -0.174. The molecule has 0 aliphatic heterocycles. The van der Waals surface area contributed by atoms with Gasteiger partial charge >= 0.3 is 0 Å². The molecular weight excluding hydrogens is 170 g/mol. The molecule has 0 heterocycles. The molecule has 1 atom stereocenters. The topological polar surface area (TPSA) is 89.6 Å². The Morgan fingerprint density at radius 2 is 2.18 bits per heavy atom. The van der Waals surface area contributed by atoms with Gasteiger partial charge in [0.05, 0.1) is 5.75 Å². The van der Waals surface area contributed by atoms with Crippen LogP contribution in [0.2, 0.25) is 0 Å². The van der Waals surface area contributed by atoms with E-state index in [1.165, 1.54) is 0 Å². The van der Waals surface area contributed by atoms with Crippen molar-refractivity contribution in [2.24, 2.45) is 5.73 Å². The van der Waals surface area contributed by atoms with Gasteiger partial charge in [0, 0.05) is 6.04 Å². The lowest BCUT2D eigenvalue weighted by Crippen LogP contribution is -2.21. The number of aliphatic hydroxyl groups excluding tert-OH is 1. The quantitative estimate of drug-likeness (QED) is 0.422. The molecule has 0 rings (SSSR count). The van der Waals surface area contributed by atoms with Gasteiger partial charge in [0.15, 0.2) is 6.79 Å². The third-order valence-corrected chi connectivity index (χ3v) is 2.26. The van der Waals surface area contributed by atoms with E-state index in [-0.39, 0.29) is 11.8 Å². The van der Waals surface area contributed by atoms with E-state index in [9.17, 15) is 8.42 Å². The Bertz CT molecular complexity index is 187. The van der Waals surface area contributed by atoms with Crippen molar-refractivity contribution in [1.82, 2.24) is 0 Å². The predicted octanol–water partition coefficient (Wildman–Crippen LogP) is -0.980. The zero-order chi connectivity index (χ0) is 8.91. The summed E-state index contributed by atoms with van der Waals surface area (Å²) in [6.07, 6.45) is 0.336. The van der Waals surface area contributed by atoms with Crippen LogP contribution in [0.4, 0.5) is 0 Å². The molecule has 3 N–H and O–H groups in total. The average Bonchev–Trinajstić information content (AvgIpc) is 1.84. The number of hydrogen-bond acceptors (Lipinski definition) is 5. The third-order valence-electron chi connectivity index (χ3n) is 1.06. The maximum Gasteiger partial charge on any atom is 0.269 e. The Morgan fingerprint density at radius 1 is 1.64 bits per heavy atom. The van der Waals surface area contributed by atoms with Crippen molar-refractivity contribution < 1.29 is 17.7 Å². The first kappa shape index (κ1) is 10.8. The van der Waals surface area contributed by atoms with Crippen LogP contribution in [0.15, 0.2) is 0 Å². The van der Waals surface area contributed by atoms with Crippen molar-refractivity contribution in [2.45, 2.75) is 19.4 Å². The summed E-state index contributed by atoms with van der Waals surface area (Å²) in [5.74, 6) is -0.148. The maximum absolute atomic E-state index is 10.7. The van der Waals surface area contributed by atoms with E-state index in [0.717, 1.165) is 0 Å². The fraction of sp³-hybridized carbons (Fsp3) is 1.00. The molecule has 0 radical (unpaired) electrons. The maximum atomic E-state index is 10.7. The van der Waals surface area contributed by atoms with Crippen molar-refractivity contribution in [3.05, 3.63) is 0 Å². The van der Waals surface area contributed by atoms with Gasteiger partial charge in [-0.3, -0.25) is 0 Å². The van der Waals surface area contributed by atoms with E-state index >= 15 is 0 Å². The van der Waals surface area contributed by atoms with E-state index in [2.05, 4.69) is 4.18 Å². The molecular formula is C5H13NO4S. The van der Waals surface area contributed by atoms with E-state index in [1.807, 2.05) is 0 Å². The monoisotopic (exact) mass is 183 g/mol. The molecule has 6 heteroatoms. The molecule has 0 bridgehead atoms. The van der Waals surface area contributed by atoms with Gasteiger partial charge in [-0.25, -0.2) is 4.18 Å². The summed E-state index contributed by atoms with van der Waals surface area (Å²) in [5.41, 5.74) is 5.31. The second kappa shape index (κ2) is 4.66. The first-order chi connectivity index (χ1) is 4.98. The summed E-state index contributed by atoms with van der Waals surface area (Å²) in [5, 5.41) is 8.13. The molecule has 0 spiro atoms. The van der Waals surface area contributed by atoms with Gasteiger partial charge in [-0.05, 0) is 13.3 Å². The highest BCUT2D eigenvalue weighted by molar-refractivity contribution is 7.86. The minimum atomic E-state index is -3.56. The number of nitrogens with two attached hydrogens (primary N) is 1. The largest absolute Gasteiger partial charge is 0.369 e. The minimum Gasteiger partial charge on any atom is -0.369 e. The second-order valence-corrected chi connectivity index (χ2v) is 4.03. The van der Waals surface area contributed by atoms with Gasteiger partial charge in [-0.2, -0.15) is 8.42 Å². The van der Waals surface area contributed by atoms with Crippen LogP contribution in [0, 0.1) is 0 Å². The van der Waals surface area contributed by atoms with Crippen LogP contribution in [-0.4, -0.2) is 32.1 Å². The number of hydrogen-bond donors (Lipinski definition) is 2. The number of rotatable bonds is 5. The van der Waals surface area contributed by atoms with Crippen LogP contribution >= 0.6 is 0 Å². The normalized spacial score (nSPS) is 14.8. The van der Waals surface area contributed by atoms with Crippen LogP contribution in [0.25, 0.3) is 0 Å². The summed E-state index contributed by atoms with van der Waals surface area (Å²) < 4.78 is 25.4. The molecule has 0 aromatic rings. The lowest BCUT2D eigenvalue weighted by Gasteiger charge is -2.04. The van der Waals surface area contributed by atoms with Gasteiger partial charge in [0.1, 0.15) is 0 Å². The zero-order valence-corrected chi connectivity index (χ0v) is 7.17. The Kier molecular flexibility index (Phi) is 4.58. The van der Waals surface area contributed by atoms with Crippen molar-refractivity contribution in [2.75, 3.05) is 12.5 Å². The summed E-state index contributed by atoms with van der Waals surface area (Å²) in [7, 11) is -3.56. The predicted molar refractivity (Wildman–Crippen MR) is 40.2 cm³/mol. The third kappa shape index (κ3) is 6.24. The standard InChI is InChI=1S/C5H13NO4S/c1-5(6)2-3-11(8,9)10-4-7/h5,7H,2-4,6H2,1H3. The summed E-state index contributed by atoms with van der Waals surface area (Å²) >= 11 is 0. The van der Waals surface area contributed by atoms with E-state index < -0.39 is 16.9 Å². The molecule has 1 unspecified atom stereocenters. The molecule has 5 nitrogen and oxygen atoms in total. The van der Waals surface area contributed by atoms with Crippen molar-refractivity contribution in [3.63, 3.8) is 0 Å². The van der Waals surface area contributed by atoms with Gasteiger partial charge in [-0.15, -0.1) is 0 Å². The highest BCUT2D eigenvalue weighted by Gasteiger charge is 2.10. The van der Waals surface area contributed by atoms with Crippen LogP contribution in [0.5, 0.6) is 0 Å². The van der Waals surface area contributed by atoms with Crippen molar-refractivity contribution in [1.29, 1.82) is 0 Å². The fourth-order valence-electron chi connectivity index (χ4n) is 0.469. The van der Waals surface area contributed by atoms with Crippen molar-refractivity contribution >= 4 is 10.1 Å². The van der Waals surface area contributed by atoms with Crippen LogP contribution < -0.4 is 5.73 Å². The smallest absolute Gasteiger partial charge is 0.269 e. The lowest BCUT2D eigenvalue weighted by atomic mass is 10.3. The van der Waals surface area contributed by atoms with Crippen LogP contribution in [0.3, 0.4) is 0 Å². The van der Waals surface area contributed by atoms with E-state index in [4.69, 9.17) is 10.8 Å². The number of aliphatic hydroxyl groups is 1. The van der Waals surface area contributed by atoms with Gasteiger partial charge < -0.3 is 10.8 Å². The highest BCUT2D eigenvalue weighted by Crippen LogP contribution is 1.97. The lowest BCUT2D eigenvalue weighted by molar-refractivity contribution is 0.105. The zero-order valence-electron chi connectivity index (χ0n) is 6.36. The molecule has 0 amide bonds. The fourth-order valence-corrected chi connectivity index (χ4v) is 1.41.